The van der Waals surface area contributed by atoms with Crippen LogP contribution in [0.5, 0.6) is 5.75 Å². The van der Waals surface area contributed by atoms with E-state index >= 15 is 0 Å². The molecular weight excluding hydrogens is 458 g/mol. The van der Waals surface area contributed by atoms with Crippen LogP contribution >= 0.6 is 0 Å². The zero-order valence-electron chi connectivity index (χ0n) is 21.3. The molecule has 0 aliphatic carbocycles. The molecule has 3 aromatic carbocycles. The molecule has 4 rings (SSSR count). The van der Waals surface area contributed by atoms with Gasteiger partial charge in [-0.2, -0.15) is 0 Å². The molecule has 0 spiro atoms. The summed E-state index contributed by atoms with van der Waals surface area (Å²) in [5.74, 6) is 1.94. The Hall–Kier alpha value is -4.12. The van der Waals surface area contributed by atoms with Gasteiger partial charge in [0.2, 0.25) is 5.91 Å². The molecule has 1 amide bonds. The van der Waals surface area contributed by atoms with Gasteiger partial charge in [-0.1, -0.05) is 73.2 Å². The molecule has 1 N–H and O–H groups in total. The average molecular weight is 494 g/mol. The number of hydrogen-bond donors (Lipinski definition) is 1. The van der Waals surface area contributed by atoms with Crippen molar-refractivity contribution >= 4 is 23.0 Å². The van der Waals surface area contributed by atoms with Crippen molar-refractivity contribution in [3.05, 3.63) is 115 Å². The summed E-state index contributed by atoms with van der Waals surface area (Å²) in [4.78, 5) is 16.9. The number of unbranched alkanes of at least 4 members (excludes halogenated alkanes) is 2. The smallest absolute Gasteiger partial charge is 0.243 e. The van der Waals surface area contributed by atoms with Gasteiger partial charge < -0.3 is 14.6 Å². The minimum atomic E-state index is -0.0553. The number of carbonyl (C=O) groups excluding carboxylic acids is 1. The first-order valence-corrected chi connectivity index (χ1v) is 13.0. The van der Waals surface area contributed by atoms with Crippen LogP contribution < -0.4 is 10.1 Å². The lowest BCUT2D eigenvalue weighted by atomic mass is 10.1. The maximum atomic E-state index is 12.0. The molecule has 37 heavy (non-hydrogen) atoms. The van der Waals surface area contributed by atoms with Gasteiger partial charge in [0.1, 0.15) is 18.2 Å². The molecule has 0 atom stereocenters. The van der Waals surface area contributed by atoms with Crippen molar-refractivity contribution < 1.29 is 9.53 Å². The molecule has 5 heteroatoms. The summed E-state index contributed by atoms with van der Waals surface area (Å²) in [6.45, 7) is 5.83. The fourth-order valence-corrected chi connectivity index (χ4v) is 4.37. The van der Waals surface area contributed by atoms with Gasteiger partial charge in [0.05, 0.1) is 17.6 Å². The van der Waals surface area contributed by atoms with Crippen LogP contribution in [0.2, 0.25) is 0 Å². The van der Waals surface area contributed by atoms with E-state index in [4.69, 9.17) is 9.72 Å². The second-order valence-corrected chi connectivity index (χ2v) is 8.96. The average Bonchev–Trinajstić information content (AvgIpc) is 3.28. The predicted molar refractivity (Wildman–Crippen MR) is 152 cm³/mol. The number of para-hydroxylation sites is 3. The standard InChI is InChI=1S/C32H35N3O2/c1-2-13-27-16-8-11-19-30(27)37-25-24-35-29-18-10-9-17-28(29)34-31(35)20-7-4-12-23-33-32(36)22-21-26-14-5-3-6-15-26/h2-3,5-6,8-11,14-19,21-22H,1,4,7,12-13,20,23-25H2,(H,33,36)/b22-21+. The van der Waals surface area contributed by atoms with Crippen molar-refractivity contribution in [2.24, 2.45) is 0 Å². The third-order valence-corrected chi connectivity index (χ3v) is 6.25. The van der Waals surface area contributed by atoms with Gasteiger partial charge in [0.15, 0.2) is 0 Å². The number of benzene rings is 3. The van der Waals surface area contributed by atoms with Gasteiger partial charge in [0.25, 0.3) is 0 Å². The van der Waals surface area contributed by atoms with Crippen LogP contribution in [0.3, 0.4) is 0 Å². The Labute approximate surface area is 219 Å². The number of imidazole rings is 1. The number of fused-ring (bicyclic) bond motifs is 1. The van der Waals surface area contributed by atoms with E-state index in [1.165, 1.54) is 0 Å². The van der Waals surface area contributed by atoms with Crippen LogP contribution in [-0.2, 0) is 24.2 Å². The van der Waals surface area contributed by atoms with Gasteiger partial charge in [-0.05, 0) is 54.7 Å². The minimum absolute atomic E-state index is 0.0553. The lowest BCUT2D eigenvalue weighted by Crippen LogP contribution is -2.22. The zero-order valence-corrected chi connectivity index (χ0v) is 21.3. The summed E-state index contributed by atoms with van der Waals surface area (Å²) < 4.78 is 8.43. The van der Waals surface area contributed by atoms with Crippen molar-refractivity contribution in [3.8, 4) is 5.75 Å². The number of ether oxygens (including phenoxy) is 1. The van der Waals surface area contributed by atoms with E-state index in [2.05, 4.69) is 40.7 Å². The van der Waals surface area contributed by atoms with Crippen LogP contribution in [0.4, 0.5) is 0 Å². The monoisotopic (exact) mass is 493 g/mol. The molecule has 0 aliphatic heterocycles. The molecule has 0 bridgehead atoms. The van der Waals surface area contributed by atoms with Crippen molar-refractivity contribution in [1.29, 1.82) is 0 Å². The Kier molecular flexibility index (Phi) is 9.70. The second kappa shape index (κ2) is 13.8. The number of allylic oxidation sites excluding steroid dienone is 1. The highest BCUT2D eigenvalue weighted by molar-refractivity contribution is 5.91. The fourth-order valence-electron chi connectivity index (χ4n) is 4.37. The molecule has 1 aromatic heterocycles. The highest BCUT2D eigenvalue weighted by Gasteiger charge is 2.11. The molecule has 0 unspecified atom stereocenters. The molecule has 0 aliphatic rings. The van der Waals surface area contributed by atoms with Crippen molar-refractivity contribution in [3.63, 3.8) is 0 Å². The number of carbonyl (C=O) groups is 1. The van der Waals surface area contributed by atoms with Crippen molar-refractivity contribution in [2.75, 3.05) is 13.2 Å². The van der Waals surface area contributed by atoms with Gasteiger partial charge in [0, 0.05) is 19.0 Å². The van der Waals surface area contributed by atoms with E-state index in [0.29, 0.717) is 13.2 Å². The summed E-state index contributed by atoms with van der Waals surface area (Å²) in [5, 5.41) is 2.97. The SMILES string of the molecule is C=CCc1ccccc1OCCn1c(CCCCCNC(=O)/C=C/c2ccccc2)nc2ccccc21. The summed E-state index contributed by atoms with van der Waals surface area (Å²) in [6.07, 6.45) is 9.99. The van der Waals surface area contributed by atoms with E-state index in [9.17, 15) is 4.79 Å². The summed E-state index contributed by atoms with van der Waals surface area (Å²) in [6, 6.07) is 26.2. The molecule has 4 aromatic rings. The third-order valence-electron chi connectivity index (χ3n) is 6.25. The molecule has 190 valence electrons. The Morgan fingerprint density at radius 3 is 2.59 bits per heavy atom. The minimum Gasteiger partial charge on any atom is -0.491 e. The Bertz CT molecular complexity index is 1320. The number of aromatic nitrogens is 2. The summed E-state index contributed by atoms with van der Waals surface area (Å²) in [5.41, 5.74) is 4.32. The second-order valence-electron chi connectivity index (χ2n) is 8.96. The highest BCUT2D eigenvalue weighted by atomic mass is 16.5. The molecule has 0 fully saturated rings. The molecule has 1 heterocycles. The molecule has 5 nitrogen and oxygen atoms in total. The molecule has 0 radical (unpaired) electrons. The van der Waals surface area contributed by atoms with Crippen LogP contribution in [0.15, 0.2) is 97.6 Å². The first-order chi connectivity index (χ1) is 18.2. The number of amides is 1. The topological polar surface area (TPSA) is 56.1 Å². The number of hydrogen-bond acceptors (Lipinski definition) is 3. The van der Waals surface area contributed by atoms with Gasteiger partial charge in [-0.25, -0.2) is 4.98 Å². The van der Waals surface area contributed by atoms with E-state index in [-0.39, 0.29) is 5.91 Å². The van der Waals surface area contributed by atoms with Crippen LogP contribution in [0.1, 0.15) is 36.2 Å². The highest BCUT2D eigenvalue weighted by Crippen LogP contribution is 2.21. The van der Waals surface area contributed by atoms with Crippen LogP contribution in [0.25, 0.3) is 17.1 Å². The van der Waals surface area contributed by atoms with E-state index < -0.39 is 0 Å². The largest absolute Gasteiger partial charge is 0.491 e. The quantitative estimate of drug-likeness (QED) is 0.126. The molecular formula is C32H35N3O2. The van der Waals surface area contributed by atoms with Crippen LogP contribution in [0, 0.1) is 0 Å². The summed E-state index contributed by atoms with van der Waals surface area (Å²) >= 11 is 0. The number of aryl methyl sites for hydroxylation is 1. The van der Waals surface area contributed by atoms with Crippen molar-refractivity contribution in [1.82, 2.24) is 14.9 Å². The third kappa shape index (κ3) is 7.68. The van der Waals surface area contributed by atoms with Gasteiger partial charge >= 0.3 is 0 Å². The van der Waals surface area contributed by atoms with Crippen molar-refractivity contribution in [2.45, 2.75) is 38.6 Å². The summed E-state index contributed by atoms with van der Waals surface area (Å²) in [7, 11) is 0. The number of nitrogens with one attached hydrogen (secondary N) is 1. The first kappa shape index (κ1) is 26.0. The predicted octanol–water partition coefficient (Wildman–Crippen LogP) is 6.39. The van der Waals surface area contributed by atoms with E-state index in [1.54, 1.807) is 6.08 Å². The molecule has 0 saturated heterocycles. The normalized spacial score (nSPS) is 11.1. The first-order valence-electron chi connectivity index (χ1n) is 13.0. The van der Waals surface area contributed by atoms with Crippen LogP contribution in [-0.4, -0.2) is 28.6 Å². The van der Waals surface area contributed by atoms with Gasteiger partial charge in [-0.3, -0.25) is 4.79 Å². The number of nitrogens with zero attached hydrogens (tertiary/aromatic N) is 2. The maximum absolute atomic E-state index is 12.0. The van der Waals surface area contributed by atoms with E-state index in [0.717, 1.165) is 72.4 Å². The lowest BCUT2D eigenvalue weighted by molar-refractivity contribution is -0.116. The molecule has 0 saturated carbocycles. The van der Waals surface area contributed by atoms with E-state index in [1.807, 2.05) is 66.7 Å². The fraction of sp³-hybridized carbons (Fsp3) is 0.250. The lowest BCUT2D eigenvalue weighted by Gasteiger charge is -2.13. The zero-order chi connectivity index (χ0) is 25.7. The Balaban J connectivity index is 1.25. The number of rotatable bonds is 14. The maximum Gasteiger partial charge on any atom is 0.243 e. The Morgan fingerprint density at radius 1 is 0.946 bits per heavy atom. The van der Waals surface area contributed by atoms with Gasteiger partial charge in [-0.15, -0.1) is 6.58 Å². The Morgan fingerprint density at radius 2 is 1.73 bits per heavy atom.